The molecule has 1 aromatic heterocycles. The summed E-state index contributed by atoms with van der Waals surface area (Å²) in [5.41, 5.74) is 0. The monoisotopic (exact) mass is 275 g/mol. The van der Waals surface area contributed by atoms with E-state index in [0.29, 0.717) is 18.5 Å². The third kappa shape index (κ3) is 4.44. The molecule has 0 aromatic carbocycles. The van der Waals surface area contributed by atoms with Crippen molar-refractivity contribution in [3.05, 3.63) is 12.4 Å². The maximum atomic E-state index is 12.0. The molecule has 0 bridgehead atoms. The lowest BCUT2D eigenvalue weighted by molar-refractivity contribution is -0.134. The molecule has 2 rings (SSSR count). The van der Waals surface area contributed by atoms with Gasteiger partial charge in [0, 0.05) is 31.4 Å². The van der Waals surface area contributed by atoms with Crippen LogP contribution >= 0.6 is 0 Å². The summed E-state index contributed by atoms with van der Waals surface area (Å²) in [4.78, 5) is 4.20. The molecule has 0 atom stereocenters. The summed E-state index contributed by atoms with van der Waals surface area (Å²) in [6.45, 7) is 0.309. The van der Waals surface area contributed by atoms with Crippen molar-refractivity contribution in [1.82, 2.24) is 9.55 Å². The van der Waals surface area contributed by atoms with Gasteiger partial charge in [0.1, 0.15) is 0 Å². The number of hydrogen-bond acceptors (Lipinski definition) is 2. The topological polar surface area (TPSA) is 29.9 Å². The van der Waals surface area contributed by atoms with Gasteiger partial charge in [0.05, 0.1) is 0 Å². The van der Waals surface area contributed by atoms with E-state index in [1.54, 1.807) is 6.20 Å². The standard InChI is InChI=1S/C13H20F3N3/c14-13(15,16)7-4-8-17-12-18-9-10-19(12)11-5-2-1-3-6-11/h9-11H,1-8H2,(H,17,18). The fraction of sp³-hybridized carbons (Fsp3) is 0.769. The molecule has 1 heterocycles. The van der Waals surface area contributed by atoms with Crippen LogP contribution in [0.1, 0.15) is 51.0 Å². The molecule has 1 aliphatic carbocycles. The SMILES string of the molecule is FC(F)(F)CCCNc1nccn1C1CCCCC1. The molecule has 0 amide bonds. The number of imidazole rings is 1. The summed E-state index contributed by atoms with van der Waals surface area (Å²) < 4.78 is 38.2. The number of rotatable bonds is 5. The van der Waals surface area contributed by atoms with Gasteiger partial charge >= 0.3 is 6.18 Å². The van der Waals surface area contributed by atoms with Crippen LogP contribution in [-0.2, 0) is 0 Å². The molecule has 1 N–H and O–H groups in total. The Morgan fingerprint density at radius 1 is 1.26 bits per heavy atom. The van der Waals surface area contributed by atoms with Gasteiger partial charge in [-0.25, -0.2) is 4.98 Å². The van der Waals surface area contributed by atoms with Crippen molar-refractivity contribution in [2.75, 3.05) is 11.9 Å². The molecule has 6 heteroatoms. The first kappa shape index (κ1) is 14.2. The van der Waals surface area contributed by atoms with Gasteiger partial charge in [-0.3, -0.25) is 0 Å². The Labute approximate surface area is 111 Å². The van der Waals surface area contributed by atoms with E-state index in [-0.39, 0.29) is 6.42 Å². The van der Waals surface area contributed by atoms with Crippen LogP contribution in [0.3, 0.4) is 0 Å². The van der Waals surface area contributed by atoms with Gasteiger partial charge in [-0.2, -0.15) is 13.2 Å². The first-order valence-corrected chi connectivity index (χ1v) is 6.90. The number of hydrogen-bond donors (Lipinski definition) is 1. The summed E-state index contributed by atoms with van der Waals surface area (Å²) >= 11 is 0. The van der Waals surface area contributed by atoms with Crippen molar-refractivity contribution in [2.24, 2.45) is 0 Å². The minimum Gasteiger partial charge on any atom is -0.356 e. The average Bonchev–Trinajstić information content (AvgIpc) is 2.83. The van der Waals surface area contributed by atoms with Gasteiger partial charge in [-0.05, 0) is 19.3 Å². The number of nitrogens with one attached hydrogen (secondary N) is 1. The van der Waals surface area contributed by atoms with Crippen molar-refractivity contribution >= 4 is 5.95 Å². The second-order valence-corrected chi connectivity index (χ2v) is 5.10. The summed E-state index contributed by atoms with van der Waals surface area (Å²) in [6, 6.07) is 0.446. The van der Waals surface area contributed by atoms with Crippen molar-refractivity contribution in [3.63, 3.8) is 0 Å². The van der Waals surface area contributed by atoms with Gasteiger partial charge in [0.2, 0.25) is 5.95 Å². The zero-order valence-electron chi connectivity index (χ0n) is 10.9. The van der Waals surface area contributed by atoms with E-state index in [0.717, 1.165) is 12.8 Å². The molecular formula is C13H20F3N3. The van der Waals surface area contributed by atoms with Crippen molar-refractivity contribution in [1.29, 1.82) is 0 Å². The van der Waals surface area contributed by atoms with Gasteiger partial charge in [-0.15, -0.1) is 0 Å². The lowest BCUT2D eigenvalue weighted by Crippen LogP contribution is -2.17. The zero-order chi connectivity index (χ0) is 13.7. The lowest BCUT2D eigenvalue weighted by Gasteiger charge is -2.24. The van der Waals surface area contributed by atoms with E-state index in [1.807, 2.05) is 6.20 Å². The molecule has 0 saturated heterocycles. The summed E-state index contributed by atoms with van der Waals surface area (Å²) in [5.74, 6) is 0.703. The highest BCUT2D eigenvalue weighted by atomic mass is 19.4. The summed E-state index contributed by atoms with van der Waals surface area (Å²) in [6.07, 6.45) is 4.88. The quantitative estimate of drug-likeness (QED) is 0.818. The molecule has 0 aliphatic heterocycles. The normalized spacial score (nSPS) is 17.6. The van der Waals surface area contributed by atoms with Crippen LogP contribution in [0.5, 0.6) is 0 Å². The Morgan fingerprint density at radius 3 is 2.68 bits per heavy atom. The Kier molecular flexibility index (Phi) is 4.71. The van der Waals surface area contributed by atoms with E-state index in [1.165, 1.54) is 19.3 Å². The minimum absolute atomic E-state index is 0.0844. The number of halogens is 3. The number of alkyl halides is 3. The van der Waals surface area contributed by atoms with Gasteiger partial charge in [0.25, 0.3) is 0 Å². The highest BCUT2D eigenvalue weighted by Crippen LogP contribution is 2.30. The fourth-order valence-electron chi connectivity index (χ4n) is 2.59. The molecule has 1 aliphatic rings. The molecule has 108 valence electrons. The van der Waals surface area contributed by atoms with Crippen LogP contribution in [0.2, 0.25) is 0 Å². The maximum absolute atomic E-state index is 12.0. The number of aromatic nitrogens is 2. The van der Waals surface area contributed by atoms with E-state index in [9.17, 15) is 13.2 Å². The van der Waals surface area contributed by atoms with Crippen LogP contribution in [0.15, 0.2) is 12.4 Å². The Bertz CT molecular complexity index is 381. The second-order valence-electron chi connectivity index (χ2n) is 5.10. The van der Waals surface area contributed by atoms with E-state index in [4.69, 9.17) is 0 Å². The van der Waals surface area contributed by atoms with Crippen LogP contribution in [0.25, 0.3) is 0 Å². The molecule has 0 radical (unpaired) electrons. The molecule has 0 unspecified atom stereocenters. The van der Waals surface area contributed by atoms with Crippen LogP contribution < -0.4 is 5.32 Å². The maximum Gasteiger partial charge on any atom is 0.389 e. The highest BCUT2D eigenvalue weighted by molar-refractivity contribution is 5.26. The first-order chi connectivity index (χ1) is 9.06. The van der Waals surface area contributed by atoms with Gasteiger partial charge in [0.15, 0.2) is 0 Å². The molecule has 1 saturated carbocycles. The average molecular weight is 275 g/mol. The fourth-order valence-corrected chi connectivity index (χ4v) is 2.59. The predicted octanol–water partition coefficient (Wildman–Crippen LogP) is 4.14. The molecule has 19 heavy (non-hydrogen) atoms. The second kappa shape index (κ2) is 6.30. The molecule has 1 aromatic rings. The highest BCUT2D eigenvalue weighted by Gasteiger charge is 2.26. The van der Waals surface area contributed by atoms with Crippen molar-refractivity contribution in [3.8, 4) is 0 Å². The molecule has 0 spiro atoms. The third-order valence-corrected chi connectivity index (χ3v) is 3.56. The summed E-state index contributed by atoms with van der Waals surface area (Å²) in [5, 5.41) is 3.01. The van der Waals surface area contributed by atoms with Gasteiger partial charge < -0.3 is 9.88 Å². The Hall–Kier alpha value is -1.20. The largest absolute Gasteiger partial charge is 0.389 e. The van der Waals surface area contributed by atoms with Crippen LogP contribution in [-0.4, -0.2) is 22.3 Å². The van der Waals surface area contributed by atoms with Crippen LogP contribution in [0.4, 0.5) is 19.1 Å². The van der Waals surface area contributed by atoms with E-state index >= 15 is 0 Å². The van der Waals surface area contributed by atoms with Crippen LogP contribution in [0, 0.1) is 0 Å². The van der Waals surface area contributed by atoms with E-state index < -0.39 is 12.6 Å². The Morgan fingerprint density at radius 2 is 2.00 bits per heavy atom. The number of nitrogens with zero attached hydrogens (tertiary/aromatic N) is 2. The minimum atomic E-state index is -4.07. The van der Waals surface area contributed by atoms with Crippen molar-refractivity contribution < 1.29 is 13.2 Å². The Balaban J connectivity index is 1.82. The van der Waals surface area contributed by atoms with Gasteiger partial charge in [-0.1, -0.05) is 19.3 Å². The zero-order valence-corrected chi connectivity index (χ0v) is 10.9. The van der Waals surface area contributed by atoms with Crippen molar-refractivity contribution in [2.45, 2.75) is 57.2 Å². The molecule has 3 nitrogen and oxygen atoms in total. The first-order valence-electron chi connectivity index (χ1n) is 6.90. The smallest absolute Gasteiger partial charge is 0.356 e. The third-order valence-electron chi connectivity index (χ3n) is 3.56. The molecule has 1 fully saturated rings. The van der Waals surface area contributed by atoms with E-state index in [2.05, 4.69) is 14.9 Å². The lowest BCUT2D eigenvalue weighted by atomic mass is 9.95. The summed E-state index contributed by atoms with van der Waals surface area (Å²) in [7, 11) is 0. The number of anilines is 1. The predicted molar refractivity (Wildman–Crippen MR) is 68.1 cm³/mol. The molecular weight excluding hydrogens is 255 g/mol.